The van der Waals surface area contributed by atoms with Crippen molar-refractivity contribution in [1.29, 1.82) is 0 Å². The Hall–Kier alpha value is -1.52. The third kappa shape index (κ3) is 3.52. The molecule has 0 fully saturated rings. The summed E-state index contributed by atoms with van der Waals surface area (Å²) in [5.41, 5.74) is 0.145. The predicted molar refractivity (Wildman–Crippen MR) is 71.6 cm³/mol. The van der Waals surface area contributed by atoms with Crippen molar-refractivity contribution in [3.63, 3.8) is 0 Å². The molecular formula is C15H12ClF3O. The zero-order chi connectivity index (χ0) is 14.8. The van der Waals surface area contributed by atoms with E-state index in [1.807, 2.05) is 0 Å². The molecule has 0 aliphatic carbocycles. The van der Waals surface area contributed by atoms with E-state index < -0.39 is 17.8 Å². The van der Waals surface area contributed by atoms with Crippen LogP contribution in [0, 0.1) is 0 Å². The predicted octanol–water partition coefficient (Wildman–Crippen LogP) is 4.63. The Bertz CT molecular complexity index is 596. The summed E-state index contributed by atoms with van der Waals surface area (Å²) in [7, 11) is 0. The van der Waals surface area contributed by atoms with E-state index in [4.69, 9.17) is 11.6 Å². The van der Waals surface area contributed by atoms with Gasteiger partial charge in [0.05, 0.1) is 11.7 Å². The number of benzene rings is 2. The molecule has 0 saturated heterocycles. The molecule has 106 valence electrons. The molecule has 5 heteroatoms. The number of rotatable bonds is 3. The summed E-state index contributed by atoms with van der Waals surface area (Å²) in [6, 6.07) is 11.6. The van der Waals surface area contributed by atoms with Gasteiger partial charge in [0.25, 0.3) is 0 Å². The second-order valence-electron chi connectivity index (χ2n) is 4.43. The van der Waals surface area contributed by atoms with Gasteiger partial charge in [-0.15, -0.1) is 0 Å². The van der Waals surface area contributed by atoms with Crippen molar-refractivity contribution in [1.82, 2.24) is 0 Å². The van der Waals surface area contributed by atoms with Crippen molar-refractivity contribution in [2.24, 2.45) is 0 Å². The number of aliphatic hydroxyl groups is 1. The molecule has 0 aliphatic heterocycles. The standard InChI is InChI=1S/C15H12ClF3O/c16-13-7-2-1-4-10(13)9-14(20)11-5-3-6-12(8-11)15(17,18)19/h1-8,14,20H,9H2. The van der Waals surface area contributed by atoms with Gasteiger partial charge < -0.3 is 5.11 Å². The van der Waals surface area contributed by atoms with Crippen LogP contribution in [0.15, 0.2) is 48.5 Å². The first-order chi connectivity index (χ1) is 9.38. The van der Waals surface area contributed by atoms with E-state index >= 15 is 0 Å². The first-order valence-corrected chi connectivity index (χ1v) is 6.34. The Morgan fingerprint density at radius 3 is 2.40 bits per heavy atom. The Balaban J connectivity index is 2.22. The van der Waals surface area contributed by atoms with Gasteiger partial charge in [0.15, 0.2) is 0 Å². The quantitative estimate of drug-likeness (QED) is 0.876. The van der Waals surface area contributed by atoms with E-state index in [9.17, 15) is 18.3 Å². The minimum Gasteiger partial charge on any atom is -0.388 e. The van der Waals surface area contributed by atoms with Gasteiger partial charge in [-0.3, -0.25) is 0 Å². The third-order valence-electron chi connectivity index (χ3n) is 2.97. The molecule has 0 amide bonds. The highest BCUT2D eigenvalue weighted by atomic mass is 35.5. The van der Waals surface area contributed by atoms with Crippen molar-refractivity contribution in [2.75, 3.05) is 0 Å². The molecule has 0 bridgehead atoms. The lowest BCUT2D eigenvalue weighted by molar-refractivity contribution is -0.137. The highest BCUT2D eigenvalue weighted by Gasteiger charge is 2.30. The molecule has 2 aromatic carbocycles. The smallest absolute Gasteiger partial charge is 0.388 e. The first kappa shape index (κ1) is 14.9. The van der Waals surface area contributed by atoms with Gasteiger partial charge in [-0.2, -0.15) is 13.2 Å². The van der Waals surface area contributed by atoms with Gasteiger partial charge in [-0.1, -0.05) is 41.9 Å². The molecule has 0 aromatic heterocycles. The maximum atomic E-state index is 12.6. The fraction of sp³-hybridized carbons (Fsp3) is 0.200. The van der Waals surface area contributed by atoms with Crippen LogP contribution >= 0.6 is 11.6 Å². The number of halogens is 4. The van der Waals surface area contributed by atoms with Gasteiger partial charge >= 0.3 is 6.18 Å². The Morgan fingerprint density at radius 1 is 1.05 bits per heavy atom. The SMILES string of the molecule is OC(Cc1ccccc1Cl)c1cccc(C(F)(F)F)c1. The summed E-state index contributed by atoms with van der Waals surface area (Å²) in [4.78, 5) is 0. The molecule has 0 heterocycles. The van der Waals surface area contributed by atoms with Crippen LogP contribution in [0.5, 0.6) is 0 Å². The Kier molecular flexibility index (Phi) is 4.35. The maximum Gasteiger partial charge on any atom is 0.416 e. The first-order valence-electron chi connectivity index (χ1n) is 5.96. The van der Waals surface area contributed by atoms with E-state index in [2.05, 4.69) is 0 Å². The molecule has 20 heavy (non-hydrogen) atoms. The maximum absolute atomic E-state index is 12.6. The molecule has 2 aromatic rings. The average molecular weight is 301 g/mol. The normalized spacial score (nSPS) is 13.2. The van der Waals surface area contributed by atoms with E-state index in [1.165, 1.54) is 12.1 Å². The molecule has 1 nitrogen and oxygen atoms in total. The lowest BCUT2D eigenvalue weighted by atomic mass is 9.99. The second-order valence-corrected chi connectivity index (χ2v) is 4.84. The Labute approximate surface area is 119 Å². The van der Waals surface area contributed by atoms with Crippen LogP contribution in [-0.4, -0.2) is 5.11 Å². The molecule has 0 spiro atoms. The van der Waals surface area contributed by atoms with Crippen LogP contribution in [0.2, 0.25) is 5.02 Å². The Morgan fingerprint density at radius 2 is 1.75 bits per heavy atom. The summed E-state index contributed by atoms with van der Waals surface area (Å²) in [5.74, 6) is 0. The molecule has 0 radical (unpaired) electrons. The van der Waals surface area contributed by atoms with E-state index in [0.717, 1.165) is 12.1 Å². The van der Waals surface area contributed by atoms with Gasteiger partial charge in [0.1, 0.15) is 0 Å². The number of hydrogen-bond acceptors (Lipinski definition) is 1. The monoisotopic (exact) mass is 300 g/mol. The highest BCUT2D eigenvalue weighted by Crippen LogP contribution is 2.31. The van der Waals surface area contributed by atoms with Gasteiger partial charge in [0.2, 0.25) is 0 Å². The highest BCUT2D eigenvalue weighted by molar-refractivity contribution is 6.31. The minimum atomic E-state index is -4.42. The third-order valence-corrected chi connectivity index (χ3v) is 3.34. The van der Waals surface area contributed by atoms with Crippen LogP contribution < -0.4 is 0 Å². The van der Waals surface area contributed by atoms with Crippen molar-refractivity contribution in [3.8, 4) is 0 Å². The zero-order valence-electron chi connectivity index (χ0n) is 10.4. The summed E-state index contributed by atoms with van der Waals surface area (Å²) in [5, 5.41) is 10.5. The van der Waals surface area contributed by atoms with Crippen LogP contribution in [0.1, 0.15) is 22.8 Å². The van der Waals surface area contributed by atoms with Crippen LogP contribution in [0.3, 0.4) is 0 Å². The summed E-state index contributed by atoms with van der Waals surface area (Å²) >= 11 is 5.97. The van der Waals surface area contributed by atoms with Gasteiger partial charge in [-0.25, -0.2) is 0 Å². The molecule has 1 N–H and O–H groups in total. The average Bonchev–Trinajstić information content (AvgIpc) is 2.40. The van der Waals surface area contributed by atoms with Crippen molar-refractivity contribution in [3.05, 3.63) is 70.2 Å². The number of alkyl halides is 3. The van der Waals surface area contributed by atoms with Crippen molar-refractivity contribution in [2.45, 2.75) is 18.7 Å². The summed E-state index contributed by atoms with van der Waals surface area (Å²) in [6.07, 6.45) is -5.28. The molecule has 1 unspecified atom stereocenters. The van der Waals surface area contributed by atoms with Crippen molar-refractivity contribution >= 4 is 11.6 Å². The number of aliphatic hydroxyl groups excluding tert-OH is 1. The van der Waals surface area contributed by atoms with E-state index in [1.54, 1.807) is 24.3 Å². The van der Waals surface area contributed by atoms with E-state index in [-0.39, 0.29) is 12.0 Å². The lowest BCUT2D eigenvalue weighted by Gasteiger charge is -2.14. The molecule has 0 aliphatic rings. The van der Waals surface area contributed by atoms with Crippen LogP contribution in [-0.2, 0) is 12.6 Å². The molecule has 0 saturated carbocycles. The topological polar surface area (TPSA) is 20.2 Å². The largest absolute Gasteiger partial charge is 0.416 e. The van der Waals surface area contributed by atoms with E-state index in [0.29, 0.717) is 10.6 Å². The molecular weight excluding hydrogens is 289 g/mol. The molecule has 2 rings (SSSR count). The fourth-order valence-corrected chi connectivity index (χ4v) is 2.13. The molecule has 1 atom stereocenters. The second kappa shape index (κ2) is 5.85. The van der Waals surface area contributed by atoms with Gasteiger partial charge in [-0.05, 0) is 29.3 Å². The van der Waals surface area contributed by atoms with Crippen molar-refractivity contribution < 1.29 is 18.3 Å². The summed E-state index contributed by atoms with van der Waals surface area (Å²) in [6.45, 7) is 0. The lowest BCUT2D eigenvalue weighted by Crippen LogP contribution is -2.08. The zero-order valence-corrected chi connectivity index (χ0v) is 11.1. The number of hydrogen-bond donors (Lipinski definition) is 1. The van der Waals surface area contributed by atoms with Crippen LogP contribution in [0.25, 0.3) is 0 Å². The summed E-state index contributed by atoms with van der Waals surface area (Å²) < 4.78 is 37.9. The fourth-order valence-electron chi connectivity index (χ4n) is 1.91. The minimum absolute atomic E-state index is 0.168. The van der Waals surface area contributed by atoms with Crippen LogP contribution in [0.4, 0.5) is 13.2 Å². The van der Waals surface area contributed by atoms with Gasteiger partial charge in [0, 0.05) is 11.4 Å².